The maximum Gasteiger partial charge on any atom is 0.241 e. The Morgan fingerprint density at radius 1 is 1.14 bits per heavy atom. The second-order valence-electron chi connectivity index (χ2n) is 7.83. The van der Waals surface area contributed by atoms with Crippen LogP contribution in [0.2, 0.25) is 0 Å². The van der Waals surface area contributed by atoms with E-state index in [0.717, 1.165) is 16.5 Å². The molecule has 0 radical (unpaired) electrons. The smallest absolute Gasteiger partial charge is 0.241 e. The zero-order valence-electron chi connectivity index (χ0n) is 16.9. The molecule has 8 heteroatoms. The fourth-order valence-corrected chi connectivity index (χ4v) is 4.48. The molecule has 1 amide bonds. The van der Waals surface area contributed by atoms with Crippen molar-refractivity contribution in [1.29, 1.82) is 0 Å². The van der Waals surface area contributed by atoms with Gasteiger partial charge in [-0.1, -0.05) is 6.07 Å². The van der Waals surface area contributed by atoms with Gasteiger partial charge in [0.15, 0.2) is 0 Å². The summed E-state index contributed by atoms with van der Waals surface area (Å²) in [5.41, 5.74) is 1.56. The highest BCUT2D eigenvalue weighted by Gasteiger charge is 2.22. The predicted molar refractivity (Wildman–Crippen MR) is 114 cm³/mol. The molecule has 7 nitrogen and oxygen atoms in total. The predicted octanol–water partition coefficient (Wildman–Crippen LogP) is 3.43. The van der Waals surface area contributed by atoms with Crippen LogP contribution in [-0.2, 0) is 21.2 Å². The first kappa shape index (κ1) is 20.9. The van der Waals surface area contributed by atoms with Gasteiger partial charge in [0.2, 0.25) is 15.9 Å². The average Bonchev–Trinajstić information content (AvgIpc) is 3.02. The molecule has 0 atom stereocenters. The summed E-state index contributed by atoms with van der Waals surface area (Å²) in [5, 5.41) is 3.68. The summed E-state index contributed by atoms with van der Waals surface area (Å²) in [6.07, 6.45) is 1.93. The van der Waals surface area contributed by atoms with E-state index in [1.807, 2.05) is 18.2 Å². The Morgan fingerprint density at radius 3 is 2.59 bits per heavy atom. The second-order valence-corrected chi connectivity index (χ2v) is 9.52. The Hall–Kier alpha value is -2.84. The highest BCUT2D eigenvalue weighted by atomic mass is 32.2. The summed E-state index contributed by atoms with van der Waals surface area (Å²) in [5.74, 6) is 0.468. The van der Waals surface area contributed by atoms with Gasteiger partial charge < -0.3 is 15.0 Å². The molecular formula is C21H25N3O4S. The standard InChI is InChI=1S/C21H25N3O4S/c1-21(2,3)24-29(26,27)17-7-5-6-15(11-17)23-20(25)10-14-13-22-19-9-8-16(28-4)12-18(14)19/h5-9,11-13,22,24H,10H2,1-4H3,(H,23,25). The lowest BCUT2D eigenvalue weighted by molar-refractivity contribution is -0.115. The molecule has 3 N–H and O–H groups in total. The number of aromatic amines is 1. The zero-order chi connectivity index (χ0) is 21.2. The third-order valence-electron chi connectivity index (χ3n) is 4.19. The van der Waals surface area contributed by atoms with Crippen molar-refractivity contribution in [3.8, 4) is 5.75 Å². The quantitative estimate of drug-likeness (QED) is 0.574. The van der Waals surface area contributed by atoms with Crippen LogP contribution in [0.25, 0.3) is 10.9 Å². The van der Waals surface area contributed by atoms with Gasteiger partial charge in [0.05, 0.1) is 18.4 Å². The fraction of sp³-hybridized carbons (Fsp3) is 0.286. The van der Waals surface area contributed by atoms with Crippen LogP contribution in [0.15, 0.2) is 53.6 Å². The molecular weight excluding hydrogens is 390 g/mol. The molecule has 3 aromatic rings. The molecule has 2 aromatic carbocycles. The van der Waals surface area contributed by atoms with E-state index in [9.17, 15) is 13.2 Å². The normalized spacial score (nSPS) is 12.1. The van der Waals surface area contributed by atoms with Gasteiger partial charge in [0.25, 0.3) is 0 Å². The number of carbonyl (C=O) groups is 1. The molecule has 0 saturated carbocycles. The summed E-state index contributed by atoms with van der Waals surface area (Å²) in [6.45, 7) is 5.31. The Bertz CT molecular complexity index is 1140. The number of hydrogen-bond donors (Lipinski definition) is 3. The van der Waals surface area contributed by atoms with Crippen LogP contribution in [0.5, 0.6) is 5.75 Å². The summed E-state index contributed by atoms with van der Waals surface area (Å²) in [7, 11) is -2.09. The highest BCUT2D eigenvalue weighted by molar-refractivity contribution is 7.89. The molecule has 154 valence electrons. The van der Waals surface area contributed by atoms with Crippen molar-refractivity contribution in [3.05, 3.63) is 54.2 Å². The van der Waals surface area contributed by atoms with E-state index >= 15 is 0 Å². The second kappa shape index (κ2) is 7.88. The molecule has 0 spiro atoms. The van der Waals surface area contributed by atoms with Gasteiger partial charge in [-0.3, -0.25) is 4.79 Å². The number of hydrogen-bond acceptors (Lipinski definition) is 4. The molecule has 0 aliphatic rings. The van der Waals surface area contributed by atoms with Gasteiger partial charge in [-0.05, 0) is 62.7 Å². The van der Waals surface area contributed by atoms with Gasteiger partial charge >= 0.3 is 0 Å². The summed E-state index contributed by atoms with van der Waals surface area (Å²) in [6, 6.07) is 11.8. The molecule has 0 aliphatic carbocycles. The van der Waals surface area contributed by atoms with E-state index in [1.165, 1.54) is 12.1 Å². The molecule has 3 rings (SSSR count). The maximum atomic E-state index is 12.5. The summed E-state index contributed by atoms with van der Waals surface area (Å²) in [4.78, 5) is 15.8. The number of sulfonamides is 1. The molecule has 0 fully saturated rings. The van der Waals surface area contributed by atoms with Gasteiger partial charge in [-0.15, -0.1) is 0 Å². The van der Waals surface area contributed by atoms with Crippen LogP contribution in [0.4, 0.5) is 5.69 Å². The molecule has 29 heavy (non-hydrogen) atoms. The van der Waals surface area contributed by atoms with Crippen LogP contribution < -0.4 is 14.8 Å². The molecule has 0 bridgehead atoms. The Balaban J connectivity index is 1.77. The summed E-state index contributed by atoms with van der Waals surface area (Å²) >= 11 is 0. The van der Waals surface area contributed by atoms with Crippen LogP contribution in [0.3, 0.4) is 0 Å². The molecule has 0 aliphatic heterocycles. The van der Waals surface area contributed by atoms with E-state index in [0.29, 0.717) is 11.4 Å². The maximum absolute atomic E-state index is 12.5. The monoisotopic (exact) mass is 415 g/mol. The Labute approximate surface area is 170 Å². The number of amides is 1. The van der Waals surface area contributed by atoms with Gasteiger partial charge in [-0.25, -0.2) is 13.1 Å². The van der Waals surface area contributed by atoms with E-state index in [-0.39, 0.29) is 17.2 Å². The lowest BCUT2D eigenvalue weighted by Crippen LogP contribution is -2.40. The van der Waals surface area contributed by atoms with Crippen LogP contribution in [0.1, 0.15) is 26.3 Å². The molecule has 1 aromatic heterocycles. The lowest BCUT2D eigenvalue weighted by atomic mass is 10.1. The fourth-order valence-electron chi connectivity index (χ4n) is 3.01. The number of methoxy groups -OCH3 is 1. The number of carbonyl (C=O) groups excluding carboxylic acids is 1. The van der Waals surface area contributed by atoms with E-state index in [4.69, 9.17) is 4.74 Å². The van der Waals surface area contributed by atoms with Gasteiger partial charge in [0, 0.05) is 28.3 Å². The van der Waals surface area contributed by atoms with E-state index < -0.39 is 15.6 Å². The van der Waals surface area contributed by atoms with Gasteiger partial charge in [0.1, 0.15) is 5.75 Å². The molecule has 0 saturated heterocycles. The zero-order valence-corrected chi connectivity index (χ0v) is 17.7. The number of benzene rings is 2. The first-order valence-corrected chi connectivity index (χ1v) is 10.6. The summed E-state index contributed by atoms with van der Waals surface area (Å²) < 4.78 is 32.9. The van der Waals surface area contributed by atoms with Crippen molar-refractivity contribution >= 4 is 32.5 Å². The van der Waals surface area contributed by atoms with Crippen LogP contribution in [0, 0.1) is 0 Å². The topological polar surface area (TPSA) is 100 Å². The van der Waals surface area contributed by atoms with E-state index in [1.54, 1.807) is 46.2 Å². The minimum Gasteiger partial charge on any atom is -0.497 e. The number of rotatable bonds is 6. The van der Waals surface area contributed by atoms with Crippen molar-refractivity contribution in [2.24, 2.45) is 0 Å². The lowest BCUT2D eigenvalue weighted by Gasteiger charge is -2.20. The Kier molecular flexibility index (Phi) is 5.68. The number of anilines is 1. The van der Waals surface area contributed by atoms with Gasteiger partial charge in [-0.2, -0.15) is 0 Å². The van der Waals surface area contributed by atoms with E-state index in [2.05, 4.69) is 15.0 Å². The third kappa shape index (κ3) is 5.16. The van der Waals surface area contributed by atoms with Crippen LogP contribution in [-0.4, -0.2) is 32.0 Å². The first-order chi connectivity index (χ1) is 13.6. The van der Waals surface area contributed by atoms with Crippen molar-refractivity contribution < 1.29 is 17.9 Å². The van der Waals surface area contributed by atoms with Crippen molar-refractivity contribution in [2.75, 3.05) is 12.4 Å². The Morgan fingerprint density at radius 2 is 1.90 bits per heavy atom. The third-order valence-corrected chi connectivity index (χ3v) is 5.95. The van der Waals surface area contributed by atoms with Crippen molar-refractivity contribution in [1.82, 2.24) is 9.71 Å². The SMILES string of the molecule is COc1ccc2[nH]cc(CC(=O)Nc3cccc(S(=O)(=O)NC(C)(C)C)c3)c2c1. The molecule has 0 unspecified atom stereocenters. The largest absolute Gasteiger partial charge is 0.497 e. The number of fused-ring (bicyclic) bond motifs is 1. The average molecular weight is 416 g/mol. The first-order valence-electron chi connectivity index (χ1n) is 9.15. The van der Waals surface area contributed by atoms with Crippen molar-refractivity contribution in [3.63, 3.8) is 0 Å². The minimum absolute atomic E-state index is 0.0991. The number of nitrogens with one attached hydrogen (secondary N) is 3. The van der Waals surface area contributed by atoms with Crippen LogP contribution >= 0.6 is 0 Å². The van der Waals surface area contributed by atoms with Crippen molar-refractivity contribution in [2.45, 2.75) is 37.6 Å². The minimum atomic E-state index is -3.68. The number of aromatic nitrogens is 1. The molecule has 1 heterocycles. The number of H-pyrrole nitrogens is 1. The highest BCUT2D eigenvalue weighted by Crippen LogP contribution is 2.24. The number of ether oxygens (including phenoxy) is 1.